The Hall–Kier alpha value is -2.45. The molecule has 0 saturated carbocycles. The Morgan fingerprint density at radius 3 is 2.54 bits per heavy atom. The molecule has 0 bridgehead atoms. The first kappa shape index (κ1) is 18.9. The summed E-state index contributed by atoms with van der Waals surface area (Å²) in [5.74, 6) is 0.793. The lowest BCUT2D eigenvalue weighted by molar-refractivity contribution is 0.102. The predicted molar refractivity (Wildman–Crippen MR) is 107 cm³/mol. The molecule has 2 aromatic carbocycles. The fourth-order valence-electron chi connectivity index (χ4n) is 3.21. The van der Waals surface area contributed by atoms with Crippen molar-refractivity contribution in [3.63, 3.8) is 0 Å². The van der Waals surface area contributed by atoms with E-state index in [1.165, 1.54) is 4.31 Å². The molecule has 0 unspecified atom stereocenters. The minimum Gasteiger partial charge on any atom is -0.490 e. The van der Waals surface area contributed by atoms with E-state index in [4.69, 9.17) is 21.1 Å². The topological polar surface area (TPSA) is 84.9 Å². The fraction of sp³-hybridized carbons (Fsp3) is 0.316. The molecular formula is C19H19ClN2O5S. The normalized spacial score (nSPS) is 17.8. The number of halogens is 1. The van der Waals surface area contributed by atoms with E-state index in [9.17, 15) is 13.2 Å². The number of ether oxygens (including phenoxy) is 2. The molecule has 2 heterocycles. The quantitative estimate of drug-likeness (QED) is 0.820. The molecule has 148 valence electrons. The zero-order chi connectivity index (χ0) is 19.7. The van der Waals surface area contributed by atoms with Crippen LogP contribution in [-0.2, 0) is 10.0 Å². The van der Waals surface area contributed by atoms with Gasteiger partial charge in [0.1, 0.15) is 0 Å². The minimum absolute atomic E-state index is 0.121. The summed E-state index contributed by atoms with van der Waals surface area (Å²) in [6.07, 6.45) is 1.34. The monoisotopic (exact) mass is 422 g/mol. The molecule has 0 atom stereocenters. The van der Waals surface area contributed by atoms with Crippen molar-refractivity contribution < 1.29 is 22.7 Å². The van der Waals surface area contributed by atoms with E-state index in [1.54, 1.807) is 36.4 Å². The van der Waals surface area contributed by atoms with E-state index in [2.05, 4.69) is 5.32 Å². The average Bonchev–Trinajstić information content (AvgIpc) is 2.87. The van der Waals surface area contributed by atoms with Crippen LogP contribution in [0, 0.1) is 0 Å². The van der Waals surface area contributed by atoms with Crippen LogP contribution in [0.5, 0.6) is 11.5 Å². The molecule has 0 spiro atoms. The van der Waals surface area contributed by atoms with Crippen molar-refractivity contribution in [2.45, 2.75) is 12.8 Å². The van der Waals surface area contributed by atoms with Gasteiger partial charge in [0.2, 0.25) is 10.0 Å². The van der Waals surface area contributed by atoms with Gasteiger partial charge in [-0.1, -0.05) is 17.7 Å². The van der Waals surface area contributed by atoms with Crippen molar-refractivity contribution in [2.24, 2.45) is 0 Å². The van der Waals surface area contributed by atoms with Gasteiger partial charge in [0.05, 0.1) is 35.4 Å². The number of carbonyl (C=O) groups excluding carboxylic acids is 1. The van der Waals surface area contributed by atoms with Gasteiger partial charge in [-0.25, -0.2) is 8.42 Å². The largest absolute Gasteiger partial charge is 0.490 e. The Morgan fingerprint density at radius 1 is 1.07 bits per heavy atom. The van der Waals surface area contributed by atoms with Crippen LogP contribution in [0.2, 0.25) is 5.02 Å². The van der Waals surface area contributed by atoms with Gasteiger partial charge in [-0.15, -0.1) is 0 Å². The maximum atomic E-state index is 12.7. The van der Waals surface area contributed by atoms with Crippen LogP contribution in [0.3, 0.4) is 0 Å². The number of sulfonamides is 1. The standard InChI is InChI=1S/C19H19ClN2O5S/c20-15-11-17-18(27-8-3-7-26-17)12-16(15)21-19(23)13-4-1-5-14(10-13)22-6-2-9-28(22,24)25/h1,4-5,10-12H,2-3,6-9H2,(H,21,23). The highest BCUT2D eigenvalue weighted by atomic mass is 35.5. The number of nitrogens with zero attached hydrogens (tertiary/aromatic N) is 1. The van der Waals surface area contributed by atoms with Crippen LogP contribution >= 0.6 is 11.6 Å². The molecule has 1 saturated heterocycles. The lowest BCUT2D eigenvalue weighted by Crippen LogP contribution is -2.25. The second-order valence-electron chi connectivity index (χ2n) is 6.58. The molecule has 4 rings (SSSR count). The molecule has 9 heteroatoms. The van der Waals surface area contributed by atoms with Crippen LogP contribution in [0.1, 0.15) is 23.2 Å². The van der Waals surface area contributed by atoms with E-state index in [0.29, 0.717) is 59.6 Å². The maximum Gasteiger partial charge on any atom is 0.255 e. The van der Waals surface area contributed by atoms with E-state index in [0.717, 1.165) is 6.42 Å². The molecule has 1 amide bonds. The van der Waals surface area contributed by atoms with E-state index in [-0.39, 0.29) is 5.75 Å². The van der Waals surface area contributed by atoms with Crippen molar-refractivity contribution in [2.75, 3.05) is 35.1 Å². The summed E-state index contributed by atoms with van der Waals surface area (Å²) < 4.78 is 36.8. The Kier molecular flexibility index (Phi) is 5.07. The minimum atomic E-state index is -3.31. The zero-order valence-electron chi connectivity index (χ0n) is 15.0. The molecule has 2 aliphatic heterocycles. The number of anilines is 2. The van der Waals surface area contributed by atoms with E-state index < -0.39 is 15.9 Å². The number of hydrogen-bond donors (Lipinski definition) is 1. The SMILES string of the molecule is O=C(Nc1cc2c(cc1Cl)OCCCO2)c1cccc(N2CCCS2(=O)=O)c1. The Labute approximate surface area is 168 Å². The lowest BCUT2D eigenvalue weighted by Gasteiger charge is -2.18. The van der Waals surface area contributed by atoms with Crippen LogP contribution in [0.15, 0.2) is 36.4 Å². The number of benzene rings is 2. The lowest BCUT2D eigenvalue weighted by atomic mass is 10.1. The molecule has 0 aliphatic carbocycles. The van der Waals surface area contributed by atoms with E-state index in [1.807, 2.05) is 0 Å². The van der Waals surface area contributed by atoms with Gasteiger partial charge >= 0.3 is 0 Å². The number of carbonyl (C=O) groups is 1. The summed E-state index contributed by atoms with van der Waals surface area (Å²) in [5.41, 5.74) is 1.22. The first-order valence-electron chi connectivity index (χ1n) is 8.95. The maximum absolute atomic E-state index is 12.7. The van der Waals surface area contributed by atoms with Crippen molar-refractivity contribution in [3.05, 3.63) is 47.0 Å². The van der Waals surface area contributed by atoms with Crippen molar-refractivity contribution in [3.8, 4) is 11.5 Å². The van der Waals surface area contributed by atoms with Crippen molar-refractivity contribution >= 4 is 38.9 Å². The molecule has 7 nitrogen and oxygen atoms in total. The third kappa shape index (κ3) is 3.74. The average molecular weight is 423 g/mol. The second-order valence-corrected chi connectivity index (χ2v) is 9.00. The highest BCUT2D eigenvalue weighted by molar-refractivity contribution is 7.93. The molecule has 1 fully saturated rings. The van der Waals surface area contributed by atoms with Gasteiger partial charge in [-0.3, -0.25) is 9.10 Å². The zero-order valence-corrected chi connectivity index (χ0v) is 16.6. The van der Waals surface area contributed by atoms with Gasteiger partial charge in [-0.05, 0) is 24.6 Å². The highest BCUT2D eigenvalue weighted by Gasteiger charge is 2.28. The molecule has 0 aromatic heterocycles. The number of hydrogen-bond acceptors (Lipinski definition) is 5. The Bertz CT molecular complexity index is 1020. The van der Waals surface area contributed by atoms with Crippen LogP contribution < -0.4 is 19.1 Å². The summed E-state index contributed by atoms with van der Waals surface area (Å²) in [7, 11) is -3.31. The fourth-order valence-corrected chi connectivity index (χ4v) is 4.96. The number of rotatable bonds is 3. The Balaban J connectivity index is 1.58. The number of nitrogens with one attached hydrogen (secondary N) is 1. The molecular weight excluding hydrogens is 404 g/mol. The summed E-state index contributed by atoms with van der Waals surface area (Å²) in [5, 5.41) is 3.09. The number of fused-ring (bicyclic) bond motifs is 1. The third-order valence-electron chi connectivity index (χ3n) is 4.58. The summed E-state index contributed by atoms with van der Waals surface area (Å²) in [4.78, 5) is 12.7. The first-order valence-corrected chi connectivity index (χ1v) is 10.9. The predicted octanol–water partition coefficient (Wildman–Crippen LogP) is 3.29. The molecule has 2 aliphatic rings. The molecule has 0 radical (unpaired) electrons. The van der Waals surface area contributed by atoms with Gasteiger partial charge in [-0.2, -0.15) is 0 Å². The van der Waals surface area contributed by atoms with Gasteiger partial charge in [0.25, 0.3) is 5.91 Å². The van der Waals surface area contributed by atoms with Gasteiger partial charge in [0.15, 0.2) is 11.5 Å². The third-order valence-corrected chi connectivity index (χ3v) is 6.76. The van der Waals surface area contributed by atoms with Gasteiger partial charge < -0.3 is 14.8 Å². The van der Waals surface area contributed by atoms with Crippen LogP contribution in [0.25, 0.3) is 0 Å². The summed E-state index contributed by atoms with van der Waals surface area (Å²) in [6, 6.07) is 9.78. The molecule has 1 N–H and O–H groups in total. The summed E-state index contributed by atoms with van der Waals surface area (Å²) in [6.45, 7) is 1.48. The van der Waals surface area contributed by atoms with Gasteiger partial charge in [0, 0.05) is 30.7 Å². The second kappa shape index (κ2) is 7.52. The molecule has 28 heavy (non-hydrogen) atoms. The summed E-state index contributed by atoms with van der Waals surface area (Å²) >= 11 is 6.28. The first-order chi connectivity index (χ1) is 13.4. The smallest absolute Gasteiger partial charge is 0.255 e. The van der Waals surface area contributed by atoms with Crippen molar-refractivity contribution in [1.29, 1.82) is 0 Å². The highest BCUT2D eigenvalue weighted by Crippen LogP contribution is 2.38. The van der Waals surface area contributed by atoms with Crippen LogP contribution in [-0.4, -0.2) is 39.8 Å². The molecule has 2 aromatic rings. The van der Waals surface area contributed by atoms with Crippen LogP contribution in [0.4, 0.5) is 11.4 Å². The van der Waals surface area contributed by atoms with Crippen molar-refractivity contribution in [1.82, 2.24) is 0 Å². The van der Waals surface area contributed by atoms with E-state index >= 15 is 0 Å². The Morgan fingerprint density at radius 2 is 1.82 bits per heavy atom. The number of amides is 1.